The fourth-order valence-corrected chi connectivity index (χ4v) is 6.70. The van der Waals surface area contributed by atoms with E-state index in [1.807, 2.05) is 11.8 Å². The Morgan fingerprint density at radius 1 is 1.16 bits per heavy atom. The molecule has 1 aromatic carbocycles. The molecule has 1 saturated heterocycles. The van der Waals surface area contributed by atoms with E-state index in [1.54, 1.807) is 29.2 Å². The van der Waals surface area contributed by atoms with Gasteiger partial charge in [0.15, 0.2) is 20.5 Å². The second kappa shape index (κ2) is 10.8. The Bertz CT molecular complexity index is 1980. The SMILES string of the molecule is C=CC(=O)N1CCN(c2nc(=O)n(-c3c(C4CC4)ccnc3S(C)(=O)=O)c3nc(-c4ccccc4F)c(Cl)cc23)[C@@H](C)C1. The predicted molar refractivity (Wildman–Crippen MR) is 162 cm³/mol. The van der Waals surface area contributed by atoms with Crippen molar-refractivity contribution in [2.24, 2.45) is 0 Å². The van der Waals surface area contributed by atoms with E-state index in [-0.39, 0.29) is 56.3 Å². The van der Waals surface area contributed by atoms with Crippen LogP contribution in [0.15, 0.2) is 65.1 Å². The number of rotatable bonds is 6. The molecule has 4 aromatic rings. The first-order valence-electron chi connectivity index (χ1n) is 13.7. The van der Waals surface area contributed by atoms with Crippen LogP contribution < -0.4 is 10.6 Å². The monoisotopic (exact) mass is 622 g/mol. The first-order chi connectivity index (χ1) is 20.5. The van der Waals surface area contributed by atoms with E-state index < -0.39 is 21.3 Å². The summed E-state index contributed by atoms with van der Waals surface area (Å²) >= 11 is 6.74. The van der Waals surface area contributed by atoms with Crippen LogP contribution in [0.2, 0.25) is 5.02 Å². The highest BCUT2D eigenvalue weighted by molar-refractivity contribution is 7.90. The van der Waals surface area contributed by atoms with Gasteiger partial charge in [0.2, 0.25) is 5.91 Å². The quantitative estimate of drug-likeness (QED) is 0.295. The van der Waals surface area contributed by atoms with Crippen LogP contribution in [0, 0.1) is 5.82 Å². The maximum atomic E-state index is 15.0. The molecule has 1 aliphatic heterocycles. The minimum atomic E-state index is -3.90. The standard InChI is InChI=1S/C30H28ClFN6O4S/c1-4-24(39)36-13-14-37(17(2)16-36)27-21-15-22(31)25(20-7-5-6-8-23(20)32)34-28(21)38(30(40)35-27)26-19(18-9-10-18)11-12-33-29(26)43(3,41)42/h4-8,11-12,15,17-18H,1,9-10,13-14,16H2,2-3H3/t17-/m0/s1. The third-order valence-electron chi connectivity index (χ3n) is 7.83. The molecular weight excluding hydrogens is 595 g/mol. The van der Waals surface area contributed by atoms with E-state index in [0.29, 0.717) is 30.6 Å². The van der Waals surface area contributed by atoms with E-state index in [9.17, 15) is 22.4 Å². The number of benzene rings is 1. The fraction of sp³-hybridized carbons (Fsp3) is 0.300. The molecule has 2 aliphatic rings. The van der Waals surface area contributed by atoms with Gasteiger partial charge < -0.3 is 9.80 Å². The lowest BCUT2D eigenvalue weighted by molar-refractivity contribution is -0.126. The van der Waals surface area contributed by atoms with Crippen molar-refractivity contribution in [3.05, 3.63) is 82.1 Å². The number of anilines is 1. The van der Waals surface area contributed by atoms with Gasteiger partial charge in [-0.1, -0.05) is 30.3 Å². The summed E-state index contributed by atoms with van der Waals surface area (Å²) in [6.07, 6.45) is 5.36. The minimum Gasteiger partial charge on any atom is -0.350 e. The molecule has 1 aliphatic carbocycles. The Morgan fingerprint density at radius 2 is 1.91 bits per heavy atom. The zero-order valence-corrected chi connectivity index (χ0v) is 25.1. The average Bonchev–Trinajstić information content (AvgIpc) is 3.82. The lowest BCUT2D eigenvalue weighted by Crippen LogP contribution is -2.54. The van der Waals surface area contributed by atoms with Crippen LogP contribution in [-0.2, 0) is 14.6 Å². The summed E-state index contributed by atoms with van der Waals surface area (Å²) in [6.45, 7) is 6.55. The Labute approximate surface area is 252 Å². The van der Waals surface area contributed by atoms with Gasteiger partial charge in [0, 0.05) is 43.7 Å². The summed E-state index contributed by atoms with van der Waals surface area (Å²) < 4.78 is 42.1. The minimum absolute atomic E-state index is 0.0361. The maximum absolute atomic E-state index is 15.0. The summed E-state index contributed by atoms with van der Waals surface area (Å²) in [5.41, 5.74) is 0.230. The van der Waals surface area contributed by atoms with E-state index in [4.69, 9.17) is 16.6 Å². The van der Waals surface area contributed by atoms with Crippen molar-refractivity contribution in [2.75, 3.05) is 30.8 Å². The highest BCUT2D eigenvalue weighted by Crippen LogP contribution is 2.44. The molecule has 10 nitrogen and oxygen atoms in total. The second-order valence-electron chi connectivity index (χ2n) is 10.9. The number of carbonyl (C=O) groups is 1. The Morgan fingerprint density at radius 3 is 2.56 bits per heavy atom. The molecule has 222 valence electrons. The number of hydrogen-bond donors (Lipinski definition) is 0. The van der Waals surface area contributed by atoms with Crippen molar-refractivity contribution in [2.45, 2.75) is 36.8 Å². The van der Waals surface area contributed by atoms with E-state index in [0.717, 1.165) is 19.1 Å². The second-order valence-corrected chi connectivity index (χ2v) is 13.2. The molecule has 13 heteroatoms. The molecule has 1 atom stereocenters. The first-order valence-corrected chi connectivity index (χ1v) is 16.0. The van der Waals surface area contributed by atoms with Crippen LogP contribution >= 0.6 is 11.6 Å². The number of piperazine rings is 1. The topological polar surface area (TPSA) is 118 Å². The highest BCUT2D eigenvalue weighted by Gasteiger charge is 2.34. The molecule has 0 N–H and O–H groups in total. The molecule has 0 radical (unpaired) electrons. The number of carbonyl (C=O) groups excluding carboxylic acids is 1. The first kappa shape index (κ1) is 28.9. The predicted octanol–water partition coefficient (Wildman–Crippen LogP) is 4.14. The zero-order chi connectivity index (χ0) is 30.6. The molecular formula is C30H28ClFN6O4S. The Kier molecular flexibility index (Phi) is 7.29. The largest absolute Gasteiger partial charge is 0.355 e. The average molecular weight is 623 g/mol. The third kappa shape index (κ3) is 5.18. The molecule has 0 spiro atoms. The van der Waals surface area contributed by atoms with Crippen LogP contribution in [0.3, 0.4) is 0 Å². The van der Waals surface area contributed by atoms with Gasteiger partial charge in [0.25, 0.3) is 0 Å². The fourth-order valence-electron chi connectivity index (χ4n) is 5.64. The molecule has 1 saturated carbocycles. The van der Waals surface area contributed by atoms with Crippen molar-refractivity contribution in [1.29, 1.82) is 0 Å². The number of aromatic nitrogens is 4. The van der Waals surface area contributed by atoms with Gasteiger partial charge in [0.05, 0.1) is 21.8 Å². The zero-order valence-electron chi connectivity index (χ0n) is 23.5. The summed E-state index contributed by atoms with van der Waals surface area (Å²) in [4.78, 5) is 43.3. The molecule has 1 amide bonds. The van der Waals surface area contributed by atoms with Gasteiger partial charge in [-0.3, -0.25) is 4.79 Å². The van der Waals surface area contributed by atoms with E-state index in [2.05, 4.69) is 16.5 Å². The number of sulfone groups is 1. The maximum Gasteiger partial charge on any atom is 0.355 e. The van der Waals surface area contributed by atoms with Gasteiger partial charge in [-0.25, -0.2) is 32.1 Å². The van der Waals surface area contributed by atoms with E-state index in [1.165, 1.54) is 29.0 Å². The molecule has 0 bridgehead atoms. The van der Waals surface area contributed by atoms with Gasteiger partial charge in [-0.2, -0.15) is 4.98 Å². The van der Waals surface area contributed by atoms with Crippen molar-refractivity contribution in [3.63, 3.8) is 0 Å². The number of nitrogens with zero attached hydrogens (tertiary/aromatic N) is 6. The molecule has 4 heterocycles. The number of fused-ring (bicyclic) bond motifs is 1. The van der Waals surface area contributed by atoms with Gasteiger partial charge in [0.1, 0.15) is 11.6 Å². The molecule has 0 unspecified atom stereocenters. The molecule has 2 fully saturated rings. The van der Waals surface area contributed by atoms with Crippen LogP contribution in [0.5, 0.6) is 0 Å². The molecule has 43 heavy (non-hydrogen) atoms. The van der Waals surface area contributed by atoms with Gasteiger partial charge in [-0.05, 0) is 61.6 Å². The molecule has 3 aromatic heterocycles. The summed E-state index contributed by atoms with van der Waals surface area (Å²) in [6, 6.07) is 9.03. The number of amides is 1. The van der Waals surface area contributed by atoms with Crippen molar-refractivity contribution in [3.8, 4) is 16.9 Å². The van der Waals surface area contributed by atoms with Crippen LogP contribution in [-0.4, -0.2) is 70.7 Å². The van der Waals surface area contributed by atoms with Gasteiger partial charge in [-0.15, -0.1) is 0 Å². The lowest BCUT2D eigenvalue weighted by Gasteiger charge is -2.40. The molecule has 6 rings (SSSR count). The number of hydrogen-bond acceptors (Lipinski definition) is 8. The van der Waals surface area contributed by atoms with Crippen molar-refractivity contribution < 1.29 is 17.6 Å². The smallest absolute Gasteiger partial charge is 0.350 e. The van der Waals surface area contributed by atoms with Crippen LogP contribution in [0.1, 0.15) is 31.2 Å². The van der Waals surface area contributed by atoms with Crippen LogP contribution in [0.25, 0.3) is 28.0 Å². The summed E-state index contributed by atoms with van der Waals surface area (Å²) in [5.74, 6) is -0.444. The summed E-state index contributed by atoms with van der Waals surface area (Å²) in [5, 5.41) is 0.213. The highest BCUT2D eigenvalue weighted by atomic mass is 35.5. The Hall–Kier alpha value is -4.16. The van der Waals surface area contributed by atoms with Gasteiger partial charge >= 0.3 is 5.69 Å². The number of halogens is 2. The van der Waals surface area contributed by atoms with E-state index >= 15 is 0 Å². The normalized spacial score (nSPS) is 17.3. The van der Waals surface area contributed by atoms with Crippen LogP contribution in [0.4, 0.5) is 10.2 Å². The third-order valence-corrected chi connectivity index (χ3v) is 9.12. The van der Waals surface area contributed by atoms with Crippen molar-refractivity contribution in [1.82, 2.24) is 24.4 Å². The Balaban J connectivity index is 1.67. The lowest BCUT2D eigenvalue weighted by atomic mass is 10.1. The number of pyridine rings is 2. The summed E-state index contributed by atoms with van der Waals surface area (Å²) in [7, 11) is -3.90. The van der Waals surface area contributed by atoms with Crippen molar-refractivity contribution >= 4 is 44.2 Å².